The third kappa shape index (κ3) is 5.64. The highest BCUT2D eigenvalue weighted by Gasteiger charge is 2.05. The smallest absolute Gasteiger partial charge is 0.337 e. The molecule has 0 spiro atoms. The van der Waals surface area contributed by atoms with Gasteiger partial charge >= 0.3 is 5.97 Å². The van der Waals surface area contributed by atoms with Crippen LogP contribution in [0.25, 0.3) is 0 Å². The van der Waals surface area contributed by atoms with Crippen molar-refractivity contribution in [1.82, 2.24) is 4.98 Å². The maximum absolute atomic E-state index is 10.8. The van der Waals surface area contributed by atoms with Crippen LogP contribution in [0.3, 0.4) is 0 Å². The molecule has 2 rings (SSSR count). The van der Waals surface area contributed by atoms with Gasteiger partial charge in [0.05, 0.1) is 12.2 Å². The molecule has 2 aromatic rings. The molecule has 0 unspecified atom stereocenters. The lowest BCUT2D eigenvalue weighted by Crippen LogP contribution is -1.97. The zero-order chi connectivity index (χ0) is 15.6. The van der Waals surface area contributed by atoms with Crippen molar-refractivity contribution in [3.05, 3.63) is 53.9 Å². The molecule has 0 amide bonds. The molecule has 22 heavy (non-hydrogen) atoms. The van der Waals surface area contributed by atoms with E-state index in [4.69, 9.17) is 9.84 Å². The van der Waals surface area contributed by atoms with Gasteiger partial charge in [-0.25, -0.2) is 4.79 Å². The van der Waals surface area contributed by atoms with Gasteiger partial charge in [-0.1, -0.05) is 37.5 Å². The van der Waals surface area contributed by atoms with Crippen molar-refractivity contribution in [1.29, 1.82) is 0 Å². The Labute approximate surface area is 131 Å². The molecule has 0 aliphatic rings. The van der Waals surface area contributed by atoms with E-state index < -0.39 is 5.97 Å². The first-order valence-corrected chi connectivity index (χ1v) is 7.84. The Morgan fingerprint density at radius 3 is 2.50 bits per heavy atom. The van der Waals surface area contributed by atoms with E-state index >= 15 is 0 Å². The van der Waals surface area contributed by atoms with E-state index in [1.165, 1.54) is 6.42 Å². The minimum Gasteiger partial charge on any atom is -0.494 e. The topological polar surface area (TPSA) is 62.3 Å². The Morgan fingerprint density at radius 1 is 1.05 bits per heavy atom. The second kappa shape index (κ2) is 8.93. The summed E-state index contributed by atoms with van der Waals surface area (Å²) in [7, 11) is 0. The van der Waals surface area contributed by atoms with Crippen molar-refractivity contribution >= 4 is 5.97 Å². The quantitative estimate of drug-likeness (QED) is 0.644. The van der Waals surface area contributed by atoms with Gasteiger partial charge in [0.2, 0.25) is 0 Å². The van der Waals surface area contributed by atoms with Gasteiger partial charge in [0.25, 0.3) is 0 Å². The SMILES string of the molecule is O=C(O)c1c[nH]c(CCCCCCCOc2ccccc2)c1. The lowest BCUT2D eigenvalue weighted by atomic mass is 10.1. The monoisotopic (exact) mass is 301 g/mol. The van der Waals surface area contributed by atoms with E-state index in [-0.39, 0.29) is 0 Å². The van der Waals surface area contributed by atoms with Crippen LogP contribution in [-0.4, -0.2) is 22.7 Å². The second-order valence-corrected chi connectivity index (χ2v) is 5.40. The molecule has 1 aromatic carbocycles. The summed E-state index contributed by atoms with van der Waals surface area (Å²) >= 11 is 0. The van der Waals surface area contributed by atoms with Crippen molar-refractivity contribution in [2.45, 2.75) is 38.5 Å². The van der Waals surface area contributed by atoms with Crippen LogP contribution >= 0.6 is 0 Å². The number of aromatic carboxylic acids is 1. The van der Waals surface area contributed by atoms with E-state index in [2.05, 4.69) is 4.98 Å². The summed E-state index contributed by atoms with van der Waals surface area (Å²) in [4.78, 5) is 13.8. The van der Waals surface area contributed by atoms with Crippen LogP contribution in [0.5, 0.6) is 5.75 Å². The number of rotatable bonds is 10. The van der Waals surface area contributed by atoms with E-state index in [1.54, 1.807) is 12.3 Å². The normalized spacial score (nSPS) is 10.5. The van der Waals surface area contributed by atoms with Crippen LogP contribution in [0.4, 0.5) is 0 Å². The van der Waals surface area contributed by atoms with Crippen molar-refractivity contribution in [3.63, 3.8) is 0 Å². The molecular formula is C18H23NO3. The standard InChI is InChI=1S/C18H23NO3/c20-18(21)15-13-16(19-14-15)9-5-2-1-3-8-12-22-17-10-6-4-7-11-17/h4,6-7,10-11,13-14,19H,1-3,5,8-9,12H2,(H,20,21). The van der Waals surface area contributed by atoms with Gasteiger partial charge in [0.1, 0.15) is 5.75 Å². The summed E-state index contributed by atoms with van der Waals surface area (Å²) < 4.78 is 5.65. The van der Waals surface area contributed by atoms with Gasteiger partial charge in [-0.2, -0.15) is 0 Å². The molecular weight excluding hydrogens is 278 g/mol. The van der Waals surface area contributed by atoms with Gasteiger partial charge in [-0.05, 0) is 37.5 Å². The van der Waals surface area contributed by atoms with Gasteiger partial charge in [0, 0.05) is 11.9 Å². The van der Waals surface area contributed by atoms with Gasteiger partial charge in [-0.15, -0.1) is 0 Å². The maximum Gasteiger partial charge on any atom is 0.337 e. The van der Waals surface area contributed by atoms with Crippen molar-refractivity contribution in [2.24, 2.45) is 0 Å². The van der Waals surface area contributed by atoms with Crippen LogP contribution in [0, 0.1) is 0 Å². The first-order chi connectivity index (χ1) is 10.8. The number of aromatic nitrogens is 1. The zero-order valence-corrected chi connectivity index (χ0v) is 12.8. The third-order valence-corrected chi connectivity index (χ3v) is 3.59. The summed E-state index contributed by atoms with van der Waals surface area (Å²) in [5, 5.41) is 8.84. The minimum absolute atomic E-state index is 0.341. The highest BCUT2D eigenvalue weighted by Crippen LogP contribution is 2.12. The van der Waals surface area contributed by atoms with Crippen LogP contribution in [0.15, 0.2) is 42.6 Å². The Kier molecular flexibility index (Phi) is 6.55. The molecule has 0 bridgehead atoms. The number of ether oxygens (including phenoxy) is 1. The third-order valence-electron chi connectivity index (χ3n) is 3.59. The molecule has 0 aliphatic carbocycles. The summed E-state index contributed by atoms with van der Waals surface area (Å²) in [5.74, 6) is 0.0596. The molecule has 0 saturated heterocycles. The molecule has 0 radical (unpaired) electrons. The highest BCUT2D eigenvalue weighted by atomic mass is 16.5. The van der Waals surface area contributed by atoms with Crippen LogP contribution < -0.4 is 4.74 Å². The fourth-order valence-corrected chi connectivity index (χ4v) is 2.36. The molecule has 1 heterocycles. The number of carbonyl (C=O) groups is 1. The molecule has 4 nitrogen and oxygen atoms in total. The van der Waals surface area contributed by atoms with Crippen LogP contribution in [0.2, 0.25) is 0 Å². The fourth-order valence-electron chi connectivity index (χ4n) is 2.36. The minimum atomic E-state index is -0.874. The fraction of sp³-hybridized carbons (Fsp3) is 0.389. The van der Waals surface area contributed by atoms with Gasteiger partial charge in [0.15, 0.2) is 0 Å². The van der Waals surface area contributed by atoms with E-state index in [1.807, 2.05) is 30.3 Å². The number of aryl methyl sites for hydroxylation is 1. The van der Waals surface area contributed by atoms with E-state index in [9.17, 15) is 4.79 Å². The Bertz CT molecular complexity index is 563. The zero-order valence-electron chi connectivity index (χ0n) is 12.8. The summed E-state index contributed by atoms with van der Waals surface area (Å²) in [6.07, 6.45) is 8.13. The molecule has 0 atom stereocenters. The number of para-hydroxylation sites is 1. The molecule has 1 aromatic heterocycles. The molecule has 2 N–H and O–H groups in total. The predicted octanol–water partition coefficient (Wildman–Crippen LogP) is 4.28. The first-order valence-electron chi connectivity index (χ1n) is 7.84. The van der Waals surface area contributed by atoms with Gasteiger partial charge in [-0.3, -0.25) is 0 Å². The number of hydrogen-bond acceptors (Lipinski definition) is 2. The average molecular weight is 301 g/mol. The second-order valence-electron chi connectivity index (χ2n) is 5.40. The number of aromatic amines is 1. The summed E-state index contributed by atoms with van der Waals surface area (Å²) in [6, 6.07) is 11.6. The van der Waals surface area contributed by atoms with Crippen molar-refractivity contribution < 1.29 is 14.6 Å². The van der Waals surface area contributed by atoms with Crippen LogP contribution in [-0.2, 0) is 6.42 Å². The first kappa shape index (κ1) is 16.1. The number of carboxylic acids is 1. The molecule has 0 fully saturated rings. The molecule has 0 saturated carbocycles. The Morgan fingerprint density at radius 2 is 1.77 bits per heavy atom. The highest BCUT2D eigenvalue weighted by molar-refractivity contribution is 5.87. The molecule has 0 aliphatic heterocycles. The number of benzene rings is 1. The number of carboxylic acid groups (broad SMARTS) is 1. The number of unbranched alkanes of at least 4 members (excludes halogenated alkanes) is 4. The number of nitrogens with one attached hydrogen (secondary N) is 1. The lowest BCUT2D eigenvalue weighted by molar-refractivity contribution is 0.0697. The largest absolute Gasteiger partial charge is 0.494 e. The predicted molar refractivity (Wildman–Crippen MR) is 86.5 cm³/mol. The molecule has 118 valence electrons. The average Bonchev–Trinajstić information content (AvgIpc) is 3.00. The Balaban J connectivity index is 1.48. The maximum atomic E-state index is 10.8. The van der Waals surface area contributed by atoms with Crippen molar-refractivity contribution in [3.8, 4) is 5.75 Å². The molecule has 4 heteroatoms. The summed E-state index contributed by atoms with van der Waals surface area (Å²) in [5.41, 5.74) is 1.35. The van der Waals surface area contributed by atoms with Crippen molar-refractivity contribution in [2.75, 3.05) is 6.61 Å². The number of H-pyrrole nitrogens is 1. The van der Waals surface area contributed by atoms with E-state index in [0.717, 1.165) is 50.2 Å². The summed E-state index contributed by atoms with van der Waals surface area (Å²) in [6.45, 7) is 0.766. The lowest BCUT2D eigenvalue weighted by Gasteiger charge is -2.05. The van der Waals surface area contributed by atoms with E-state index in [0.29, 0.717) is 5.56 Å². The Hall–Kier alpha value is -2.23. The van der Waals surface area contributed by atoms with Gasteiger partial charge < -0.3 is 14.8 Å². The number of hydrogen-bond donors (Lipinski definition) is 2. The van der Waals surface area contributed by atoms with Crippen LogP contribution in [0.1, 0.15) is 48.2 Å².